The molecular formula is C14H26N2O3. The van der Waals surface area contributed by atoms with Crippen molar-refractivity contribution in [1.82, 2.24) is 10.6 Å². The molecule has 0 aliphatic heterocycles. The van der Waals surface area contributed by atoms with Gasteiger partial charge in [-0.25, -0.2) is 0 Å². The molecule has 19 heavy (non-hydrogen) atoms. The van der Waals surface area contributed by atoms with E-state index >= 15 is 0 Å². The SMILES string of the molecule is CNCCCNC(=O)CC1(CC(=O)O)CCCCC1. The third-order valence-electron chi connectivity index (χ3n) is 3.90. The Morgan fingerprint density at radius 1 is 1.11 bits per heavy atom. The standard InChI is InChI=1S/C14H26N2O3/c1-15-8-5-9-16-12(17)10-14(11-13(18)19)6-3-2-4-7-14/h15H,2-11H2,1H3,(H,16,17)(H,18,19). The Hall–Kier alpha value is -1.10. The highest BCUT2D eigenvalue weighted by atomic mass is 16.4. The molecule has 1 rings (SSSR count). The van der Waals surface area contributed by atoms with Crippen LogP contribution in [0.5, 0.6) is 0 Å². The predicted molar refractivity (Wildman–Crippen MR) is 73.9 cm³/mol. The fourth-order valence-electron chi connectivity index (χ4n) is 2.93. The summed E-state index contributed by atoms with van der Waals surface area (Å²) in [6.07, 6.45) is 6.35. The molecule has 0 unspecified atom stereocenters. The molecule has 1 aliphatic carbocycles. The van der Waals surface area contributed by atoms with Gasteiger partial charge < -0.3 is 15.7 Å². The Kier molecular flexibility index (Phi) is 6.84. The average Bonchev–Trinajstić information content (AvgIpc) is 2.34. The van der Waals surface area contributed by atoms with Crippen LogP contribution < -0.4 is 10.6 Å². The first kappa shape index (κ1) is 16.0. The highest BCUT2D eigenvalue weighted by Gasteiger charge is 2.36. The minimum absolute atomic E-state index is 0.000692. The summed E-state index contributed by atoms with van der Waals surface area (Å²) in [7, 11) is 1.88. The summed E-state index contributed by atoms with van der Waals surface area (Å²) in [5.74, 6) is -0.788. The van der Waals surface area contributed by atoms with Gasteiger partial charge in [0.25, 0.3) is 0 Å². The fraction of sp³-hybridized carbons (Fsp3) is 0.857. The van der Waals surface area contributed by atoms with Gasteiger partial charge in [0.1, 0.15) is 0 Å². The molecule has 0 saturated heterocycles. The summed E-state index contributed by atoms with van der Waals surface area (Å²) < 4.78 is 0. The summed E-state index contributed by atoms with van der Waals surface area (Å²) in [5.41, 5.74) is -0.308. The molecule has 1 saturated carbocycles. The minimum Gasteiger partial charge on any atom is -0.481 e. The van der Waals surface area contributed by atoms with E-state index in [2.05, 4.69) is 10.6 Å². The molecular weight excluding hydrogens is 244 g/mol. The maximum absolute atomic E-state index is 11.9. The van der Waals surface area contributed by atoms with Gasteiger partial charge in [-0.15, -0.1) is 0 Å². The first-order valence-corrected chi connectivity index (χ1v) is 7.21. The second kappa shape index (κ2) is 8.15. The number of aliphatic carboxylic acids is 1. The highest BCUT2D eigenvalue weighted by Crippen LogP contribution is 2.42. The first-order chi connectivity index (χ1) is 9.08. The van der Waals surface area contributed by atoms with Gasteiger partial charge in [0, 0.05) is 13.0 Å². The van der Waals surface area contributed by atoms with Crippen LogP contribution in [0.3, 0.4) is 0 Å². The molecule has 0 radical (unpaired) electrons. The third kappa shape index (κ3) is 6.05. The summed E-state index contributed by atoms with van der Waals surface area (Å²) in [6, 6.07) is 0. The maximum atomic E-state index is 11.9. The van der Waals surface area contributed by atoms with Crippen LogP contribution in [-0.2, 0) is 9.59 Å². The van der Waals surface area contributed by atoms with Crippen LogP contribution in [0.4, 0.5) is 0 Å². The number of hydrogen-bond acceptors (Lipinski definition) is 3. The number of rotatable bonds is 8. The molecule has 0 bridgehead atoms. The van der Waals surface area contributed by atoms with Crippen LogP contribution in [0.15, 0.2) is 0 Å². The molecule has 5 nitrogen and oxygen atoms in total. The smallest absolute Gasteiger partial charge is 0.303 e. The van der Waals surface area contributed by atoms with E-state index in [1.165, 1.54) is 0 Å². The van der Waals surface area contributed by atoms with Gasteiger partial charge in [-0.05, 0) is 38.3 Å². The Bertz CT molecular complexity index is 299. The van der Waals surface area contributed by atoms with Gasteiger partial charge in [0.05, 0.1) is 6.42 Å². The molecule has 110 valence electrons. The summed E-state index contributed by atoms with van der Waals surface area (Å²) in [4.78, 5) is 23.0. The number of hydrogen-bond donors (Lipinski definition) is 3. The van der Waals surface area contributed by atoms with Gasteiger partial charge in [-0.2, -0.15) is 0 Å². The molecule has 1 amide bonds. The lowest BCUT2D eigenvalue weighted by Gasteiger charge is -2.35. The molecule has 0 aromatic heterocycles. The average molecular weight is 270 g/mol. The fourth-order valence-corrected chi connectivity index (χ4v) is 2.93. The predicted octanol–water partition coefficient (Wildman–Crippen LogP) is 1.53. The van der Waals surface area contributed by atoms with E-state index in [1.807, 2.05) is 7.05 Å². The van der Waals surface area contributed by atoms with E-state index in [9.17, 15) is 9.59 Å². The Balaban J connectivity index is 2.43. The maximum Gasteiger partial charge on any atom is 0.303 e. The molecule has 0 aromatic rings. The highest BCUT2D eigenvalue weighted by molar-refractivity contribution is 5.78. The lowest BCUT2D eigenvalue weighted by Crippen LogP contribution is -2.35. The van der Waals surface area contributed by atoms with Crippen LogP contribution in [0, 0.1) is 5.41 Å². The zero-order chi connectivity index (χ0) is 14.1. The molecule has 1 aliphatic rings. The molecule has 0 heterocycles. The van der Waals surface area contributed by atoms with Crippen molar-refractivity contribution < 1.29 is 14.7 Å². The number of carboxylic acids is 1. The summed E-state index contributed by atoms with van der Waals surface area (Å²) in [5, 5.41) is 15.0. The van der Waals surface area contributed by atoms with Gasteiger partial charge in [-0.3, -0.25) is 9.59 Å². The largest absolute Gasteiger partial charge is 0.481 e. The molecule has 5 heteroatoms. The van der Waals surface area contributed by atoms with Gasteiger partial charge in [-0.1, -0.05) is 19.3 Å². The number of amides is 1. The van der Waals surface area contributed by atoms with E-state index in [-0.39, 0.29) is 17.7 Å². The molecule has 3 N–H and O–H groups in total. The third-order valence-corrected chi connectivity index (χ3v) is 3.90. The second-order valence-electron chi connectivity index (χ2n) is 5.62. The minimum atomic E-state index is -0.787. The topological polar surface area (TPSA) is 78.4 Å². The molecule has 1 fully saturated rings. The number of nitrogens with one attached hydrogen (secondary N) is 2. The summed E-state index contributed by atoms with van der Waals surface area (Å²) >= 11 is 0. The molecule has 0 spiro atoms. The second-order valence-corrected chi connectivity index (χ2v) is 5.62. The van der Waals surface area contributed by atoms with E-state index in [1.54, 1.807) is 0 Å². The monoisotopic (exact) mass is 270 g/mol. The Morgan fingerprint density at radius 2 is 1.79 bits per heavy atom. The zero-order valence-electron chi connectivity index (χ0n) is 11.8. The van der Waals surface area contributed by atoms with Crippen molar-refractivity contribution in [3.63, 3.8) is 0 Å². The van der Waals surface area contributed by atoms with Crippen molar-refractivity contribution in [2.45, 2.75) is 51.4 Å². The number of carbonyl (C=O) groups excluding carboxylic acids is 1. The van der Waals surface area contributed by atoms with Gasteiger partial charge in [0.2, 0.25) is 5.91 Å². The van der Waals surface area contributed by atoms with Crippen molar-refractivity contribution in [1.29, 1.82) is 0 Å². The van der Waals surface area contributed by atoms with E-state index in [0.717, 1.165) is 45.1 Å². The Morgan fingerprint density at radius 3 is 2.37 bits per heavy atom. The van der Waals surface area contributed by atoms with E-state index in [0.29, 0.717) is 13.0 Å². The van der Waals surface area contributed by atoms with Gasteiger partial charge in [0.15, 0.2) is 0 Å². The summed E-state index contributed by atoms with van der Waals surface area (Å²) in [6.45, 7) is 1.53. The van der Waals surface area contributed by atoms with Crippen molar-refractivity contribution in [3.8, 4) is 0 Å². The van der Waals surface area contributed by atoms with Crippen molar-refractivity contribution in [2.75, 3.05) is 20.1 Å². The Labute approximate surface area is 115 Å². The quantitative estimate of drug-likeness (QED) is 0.584. The number of carboxylic acid groups (broad SMARTS) is 1. The normalized spacial score (nSPS) is 17.9. The molecule has 0 atom stereocenters. The number of carbonyl (C=O) groups is 2. The van der Waals surface area contributed by atoms with Crippen LogP contribution in [0.2, 0.25) is 0 Å². The van der Waals surface area contributed by atoms with Crippen LogP contribution in [0.25, 0.3) is 0 Å². The van der Waals surface area contributed by atoms with Crippen molar-refractivity contribution in [3.05, 3.63) is 0 Å². The van der Waals surface area contributed by atoms with Crippen LogP contribution >= 0.6 is 0 Å². The van der Waals surface area contributed by atoms with E-state index < -0.39 is 5.97 Å². The first-order valence-electron chi connectivity index (χ1n) is 7.21. The molecule has 0 aromatic carbocycles. The van der Waals surface area contributed by atoms with Crippen LogP contribution in [0.1, 0.15) is 51.4 Å². The van der Waals surface area contributed by atoms with Crippen molar-refractivity contribution in [2.24, 2.45) is 5.41 Å². The van der Waals surface area contributed by atoms with Crippen molar-refractivity contribution >= 4 is 11.9 Å². The van der Waals surface area contributed by atoms with Gasteiger partial charge >= 0.3 is 5.97 Å². The zero-order valence-corrected chi connectivity index (χ0v) is 11.8. The lowest BCUT2D eigenvalue weighted by atomic mass is 9.69. The lowest BCUT2D eigenvalue weighted by molar-refractivity contribution is -0.141. The van der Waals surface area contributed by atoms with Crippen LogP contribution in [-0.4, -0.2) is 37.1 Å². The van der Waals surface area contributed by atoms with E-state index in [4.69, 9.17) is 5.11 Å².